The zero-order chi connectivity index (χ0) is 40.9. The molecule has 3 aromatic carbocycles. The van der Waals surface area contributed by atoms with Gasteiger partial charge in [-0.25, -0.2) is 14.6 Å². The van der Waals surface area contributed by atoms with Gasteiger partial charge in [-0.3, -0.25) is 29.1 Å². The summed E-state index contributed by atoms with van der Waals surface area (Å²) >= 11 is 1.46. The van der Waals surface area contributed by atoms with Crippen LogP contribution in [0, 0.1) is 0 Å². The van der Waals surface area contributed by atoms with Gasteiger partial charge in [-0.05, 0) is 35.4 Å². The van der Waals surface area contributed by atoms with Gasteiger partial charge in [0.05, 0.1) is 24.2 Å². The highest BCUT2D eigenvalue weighted by molar-refractivity contribution is 7.24. The largest absolute Gasteiger partial charge is 0.480 e. The first-order valence-electron chi connectivity index (χ1n) is 19.4. The molecule has 6 rings (SSSR count). The molecular weight excluding hydrogens is 759 g/mol. The molecule has 0 unspecified atom stereocenters. The van der Waals surface area contributed by atoms with Crippen molar-refractivity contribution >= 4 is 55.4 Å². The number of hydrogen-bond donors (Lipinski definition) is 5. The van der Waals surface area contributed by atoms with Crippen molar-refractivity contribution in [2.24, 2.45) is 0 Å². The van der Waals surface area contributed by atoms with Gasteiger partial charge in [0, 0.05) is 81.8 Å². The van der Waals surface area contributed by atoms with Crippen LogP contribution in [-0.2, 0) is 38.6 Å². The van der Waals surface area contributed by atoms with Gasteiger partial charge in [0.25, 0.3) is 0 Å². The molecule has 2 amide bonds. The number of aliphatic carboxylic acids is 2. The Balaban J connectivity index is 1.16. The Bertz CT molecular complexity index is 2150. The van der Waals surface area contributed by atoms with Gasteiger partial charge in [-0.2, -0.15) is 0 Å². The number of carbonyl (C=O) groups excluding carboxylic acids is 2. The van der Waals surface area contributed by atoms with Crippen LogP contribution in [0.25, 0.3) is 20.3 Å². The van der Waals surface area contributed by atoms with Gasteiger partial charge in [0.15, 0.2) is 5.43 Å². The smallest absolute Gasteiger partial charge is 0.326 e. The van der Waals surface area contributed by atoms with Crippen molar-refractivity contribution in [3.05, 3.63) is 124 Å². The molecule has 1 aliphatic rings. The van der Waals surface area contributed by atoms with Crippen molar-refractivity contribution in [1.29, 1.82) is 0 Å². The average Bonchev–Trinajstić information content (AvgIpc) is 3.21. The summed E-state index contributed by atoms with van der Waals surface area (Å²) in [5.41, 5.74) is 2.32. The molecule has 1 fully saturated rings. The van der Waals surface area contributed by atoms with E-state index in [9.17, 15) is 34.2 Å². The fourth-order valence-corrected chi connectivity index (χ4v) is 8.06. The zero-order valence-corrected chi connectivity index (χ0v) is 33.0. The third kappa shape index (κ3) is 12.2. The average molecular weight is 808 g/mol. The predicted octanol–water partition coefficient (Wildman–Crippen LogP) is 2.44. The van der Waals surface area contributed by atoms with Gasteiger partial charge < -0.3 is 26.2 Å². The minimum Gasteiger partial charge on any atom is -0.480 e. The Kier molecular flexibility index (Phi) is 15.0. The molecule has 0 bridgehead atoms. The maximum atomic E-state index is 13.3. The van der Waals surface area contributed by atoms with E-state index in [1.165, 1.54) is 11.3 Å². The lowest BCUT2D eigenvalue weighted by Crippen LogP contribution is -2.51. The number of carbonyl (C=O) groups is 4. The standard InChI is InChI=1S/C43H49N7O7S/c51-38(46-35(42(54)55)25-30-9-3-1-4-10-30)28-48-19-17-44-18-20-49(29-39(52)47-36(43(56)57)26-31-11-5-2-6-12-31)22-24-50(23-21-48)27-32-15-16-34-40(53)33-13-7-8-14-37(33)58-41(34)45-32/h1-16,35-36,44H,17-29H2,(H,46,51)(H,47,52)(H,54,55)(H,56,57)/t35-,36-/m0/s1. The van der Waals surface area contributed by atoms with Crippen molar-refractivity contribution in [3.8, 4) is 0 Å². The third-order valence-corrected chi connectivity index (χ3v) is 11.2. The predicted molar refractivity (Wildman–Crippen MR) is 224 cm³/mol. The van der Waals surface area contributed by atoms with Gasteiger partial charge in [0.1, 0.15) is 16.9 Å². The Labute approximate surface area is 340 Å². The SMILES string of the molecule is O=C(CN1CCNCCN(CC(=O)N[C@@H](Cc2ccccc2)C(=O)O)CCN(Cc2ccc3c(=O)c4ccccc4sc3n2)CC1)N[C@@H](Cc1ccccc1)C(=O)O. The van der Waals surface area contributed by atoms with E-state index in [0.29, 0.717) is 74.5 Å². The normalized spacial score (nSPS) is 16.1. The van der Waals surface area contributed by atoms with Crippen LogP contribution in [0.4, 0.5) is 0 Å². The lowest BCUT2D eigenvalue weighted by atomic mass is 10.1. The number of carboxylic acid groups (broad SMARTS) is 2. The lowest BCUT2D eigenvalue weighted by molar-refractivity contribution is -0.142. The molecule has 58 heavy (non-hydrogen) atoms. The number of nitrogens with one attached hydrogen (secondary N) is 3. The van der Waals surface area contributed by atoms with Crippen LogP contribution in [0.15, 0.2) is 102 Å². The molecule has 2 atom stereocenters. The molecule has 0 saturated carbocycles. The summed E-state index contributed by atoms with van der Waals surface area (Å²) in [6.07, 6.45) is 0.331. The summed E-state index contributed by atoms with van der Waals surface area (Å²) in [6.45, 7) is 4.53. The van der Waals surface area contributed by atoms with E-state index in [0.717, 1.165) is 21.5 Å². The van der Waals surface area contributed by atoms with Crippen molar-refractivity contribution in [3.63, 3.8) is 0 Å². The van der Waals surface area contributed by atoms with Gasteiger partial charge >= 0.3 is 11.9 Å². The summed E-state index contributed by atoms with van der Waals surface area (Å²) in [4.78, 5) is 75.8. The number of rotatable bonds is 14. The number of pyridine rings is 1. The van der Waals surface area contributed by atoms with E-state index < -0.39 is 24.0 Å². The van der Waals surface area contributed by atoms with E-state index in [4.69, 9.17) is 4.98 Å². The molecule has 15 heteroatoms. The summed E-state index contributed by atoms with van der Waals surface area (Å²) in [5.74, 6) is -2.98. The Morgan fingerprint density at radius 1 is 0.638 bits per heavy atom. The molecular formula is C43H49N7O7S. The Morgan fingerprint density at radius 2 is 1.14 bits per heavy atom. The molecule has 5 N–H and O–H groups in total. The van der Waals surface area contributed by atoms with Crippen LogP contribution in [0.2, 0.25) is 0 Å². The monoisotopic (exact) mass is 807 g/mol. The number of nitrogens with zero attached hydrogens (tertiary/aromatic N) is 4. The quantitative estimate of drug-likeness (QED) is 0.104. The molecule has 3 heterocycles. The van der Waals surface area contributed by atoms with Crippen LogP contribution in [0.3, 0.4) is 0 Å². The fourth-order valence-electron chi connectivity index (χ4n) is 7.00. The second kappa shape index (κ2) is 20.7. The topological polar surface area (TPSA) is 185 Å². The van der Waals surface area contributed by atoms with Crippen LogP contribution >= 0.6 is 11.3 Å². The Hall–Kier alpha value is -5.58. The summed E-state index contributed by atoms with van der Waals surface area (Å²) in [5, 5.41) is 29.8. The number of aromatic nitrogens is 1. The molecule has 0 aliphatic carbocycles. The van der Waals surface area contributed by atoms with Crippen LogP contribution in [0.5, 0.6) is 0 Å². The van der Waals surface area contributed by atoms with Gasteiger partial charge in [-0.1, -0.05) is 72.8 Å². The molecule has 304 valence electrons. The fraction of sp³-hybridized carbons (Fsp3) is 0.349. The second-order valence-electron chi connectivity index (χ2n) is 14.5. The van der Waals surface area contributed by atoms with E-state index in [1.807, 2.05) is 107 Å². The van der Waals surface area contributed by atoms with Crippen molar-refractivity contribution in [1.82, 2.24) is 35.6 Å². The van der Waals surface area contributed by atoms with E-state index >= 15 is 0 Å². The first kappa shape index (κ1) is 42.0. The molecule has 14 nitrogen and oxygen atoms in total. The number of hydrogen-bond acceptors (Lipinski definition) is 11. The van der Waals surface area contributed by atoms with E-state index in [2.05, 4.69) is 20.9 Å². The van der Waals surface area contributed by atoms with Crippen molar-refractivity contribution in [2.75, 3.05) is 65.4 Å². The first-order valence-corrected chi connectivity index (χ1v) is 20.2. The lowest BCUT2D eigenvalue weighted by Gasteiger charge is -2.31. The highest BCUT2D eigenvalue weighted by Gasteiger charge is 2.24. The van der Waals surface area contributed by atoms with E-state index in [-0.39, 0.29) is 43.2 Å². The van der Waals surface area contributed by atoms with Crippen molar-refractivity contribution in [2.45, 2.75) is 31.5 Å². The molecule has 0 radical (unpaired) electrons. The summed E-state index contributed by atoms with van der Waals surface area (Å²) in [6, 6.07) is 27.4. The molecule has 0 spiro atoms. The minimum atomic E-state index is -1.10. The van der Waals surface area contributed by atoms with Crippen LogP contribution in [0.1, 0.15) is 16.8 Å². The third-order valence-electron chi connectivity index (χ3n) is 10.1. The van der Waals surface area contributed by atoms with Crippen LogP contribution in [-0.4, -0.2) is 131 Å². The van der Waals surface area contributed by atoms with E-state index in [1.54, 1.807) is 0 Å². The highest BCUT2D eigenvalue weighted by atomic mass is 32.1. The number of fused-ring (bicyclic) bond motifs is 2. The second-order valence-corrected chi connectivity index (χ2v) is 15.5. The number of carboxylic acids is 2. The molecule has 1 saturated heterocycles. The molecule has 5 aromatic rings. The van der Waals surface area contributed by atoms with Crippen LogP contribution < -0.4 is 21.4 Å². The Morgan fingerprint density at radius 3 is 1.67 bits per heavy atom. The van der Waals surface area contributed by atoms with Gasteiger partial charge in [-0.15, -0.1) is 11.3 Å². The summed E-state index contributed by atoms with van der Waals surface area (Å²) in [7, 11) is 0. The summed E-state index contributed by atoms with van der Waals surface area (Å²) < 4.78 is 0.857. The zero-order valence-electron chi connectivity index (χ0n) is 32.2. The number of benzene rings is 3. The first-order chi connectivity index (χ1) is 28.1. The highest BCUT2D eigenvalue weighted by Crippen LogP contribution is 2.23. The minimum absolute atomic E-state index is 0.00334. The number of amides is 2. The maximum Gasteiger partial charge on any atom is 0.326 e. The molecule has 2 aromatic heterocycles. The molecule has 1 aliphatic heterocycles. The van der Waals surface area contributed by atoms with Crippen molar-refractivity contribution < 1.29 is 29.4 Å². The maximum absolute atomic E-state index is 13.3. The van der Waals surface area contributed by atoms with Gasteiger partial charge in [0.2, 0.25) is 11.8 Å².